The van der Waals surface area contributed by atoms with Crippen LogP contribution in [0.4, 0.5) is 0 Å². The molecule has 0 aromatic heterocycles. The topological polar surface area (TPSA) is 54.4 Å². The number of hydrogen-bond acceptors (Lipinski definition) is 2. The number of unbranched alkanes of at least 4 members (excludes halogenated alkanes) is 3. The van der Waals surface area contributed by atoms with E-state index < -0.39 is 11.9 Å². The molecule has 18 heavy (non-hydrogen) atoms. The van der Waals surface area contributed by atoms with E-state index in [4.69, 9.17) is 0 Å². The van der Waals surface area contributed by atoms with Gasteiger partial charge in [0.25, 0.3) is 0 Å². The van der Waals surface area contributed by atoms with Crippen LogP contribution < -0.4 is 0 Å². The monoisotopic (exact) mass is 248 g/mol. The lowest BCUT2D eigenvalue weighted by molar-refractivity contribution is -0.139. The van der Waals surface area contributed by atoms with E-state index in [-0.39, 0.29) is 0 Å². The summed E-state index contributed by atoms with van der Waals surface area (Å²) in [6, 6.07) is 6.82. The Balaban J connectivity index is 2.65. The molecule has 0 radical (unpaired) electrons. The third-order valence-electron chi connectivity index (χ3n) is 3.12. The van der Waals surface area contributed by atoms with Crippen molar-refractivity contribution in [1.82, 2.24) is 0 Å². The standard InChI is InChI=1S/C15H20O3/c1-2-3-4-5-6-14(15(17)18)13-9-7-12(11-16)8-10-13/h7-11,14H,2-6H2,1H3,(H,17,18). The molecule has 0 fully saturated rings. The number of carboxylic acid groups (broad SMARTS) is 1. The summed E-state index contributed by atoms with van der Waals surface area (Å²) >= 11 is 0. The predicted octanol–water partition coefficient (Wildman–Crippen LogP) is 3.64. The Kier molecular flexibility index (Phi) is 6.12. The highest BCUT2D eigenvalue weighted by molar-refractivity contribution is 5.78. The van der Waals surface area contributed by atoms with Gasteiger partial charge in [-0.3, -0.25) is 9.59 Å². The number of aldehydes is 1. The van der Waals surface area contributed by atoms with E-state index in [0.29, 0.717) is 12.0 Å². The Morgan fingerprint density at radius 1 is 1.22 bits per heavy atom. The molecule has 0 amide bonds. The number of rotatable bonds is 8. The summed E-state index contributed by atoms with van der Waals surface area (Å²) in [5, 5.41) is 9.24. The van der Waals surface area contributed by atoms with Crippen LogP contribution in [0.1, 0.15) is 60.9 Å². The third-order valence-corrected chi connectivity index (χ3v) is 3.12. The quantitative estimate of drug-likeness (QED) is 0.564. The van der Waals surface area contributed by atoms with E-state index in [0.717, 1.165) is 37.5 Å². The molecule has 98 valence electrons. The molecule has 1 atom stereocenters. The minimum Gasteiger partial charge on any atom is -0.481 e. The zero-order valence-corrected chi connectivity index (χ0v) is 10.8. The minimum absolute atomic E-state index is 0.456. The lowest BCUT2D eigenvalue weighted by atomic mass is 9.92. The van der Waals surface area contributed by atoms with Crippen LogP contribution in [-0.2, 0) is 4.79 Å². The molecular formula is C15H20O3. The Bertz CT molecular complexity index is 381. The van der Waals surface area contributed by atoms with Crippen molar-refractivity contribution in [2.75, 3.05) is 0 Å². The van der Waals surface area contributed by atoms with Gasteiger partial charge in [-0.25, -0.2) is 0 Å². The zero-order chi connectivity index (χ0) is 13.4. The van der Waals surface area contributed by atoms with Gasteiger partial charge in [0.15, 0.2) is 0 Å². The summed E-state index contributed by atoms with van der Waals surface area (Å²) in [5.41, 5.74) is 1.36. The molecule has 0 saturated carbocycles. The number of carbonyl (C=O) groups is 2. The van der Waals surface area contributed by atoms with Gasteiger partial charge in [0, 0.05) is 5.56 Å². The second-order valence-corrected chi connectivity index (χ2v) is 4.52. The second kappa shape index (κ2) is 7.64. The van der Waals surface area contributed by atoms with Gasteiger partial charge in [-0.2, -0.15) is 0 Å². The van der Waals surface area contributed by atoms with Crippen molar-refractivity contribution in [3.8, 4) is 0 Å². The van der Waals surface area contributed by atoms with Gasteiger partial charge in [0.05, 0.1) is 5.92 Å². The Morgan fingerprint density at radius 3 is 2.39 bits per heavy atom. The Labute approximate surface area is 108 Å². The molecule has 3 heteroatoms. The fourth-order valence-corrected chi connectivity index (χ4v) is 2.01. The molecule has 1 aromatic carbocycles. The lowest BCUT2D eigenvalue weighted by Gasteiger charge is -2.12. The number of carbonyl (C=O) groups excluding carboxylic acids is 1. The summed E-state index contributed by atoms with van der Waals surface area (Å²) in [7, 11) is 0. The van der Waals surface area contributed by atoms with Gasteiger partial charge >= 0.3 is 5.97 Å². The Morgan fingerprint density at radius 2 is 1.89 bits per heavy atom. The van der Waals surface area contributed by atoms with E-state index in [9.17, 15) is 14.7 Å². The van der Waals surface area contributed by atoms with Crippen molar-refractivity contribution < 1.29 is 14.7 Å². The molecule has 0 bridgehead atoms. The van der Waals surface area contributed by atoms with Gasteiger partial charge < -0.3 is 5.11 Å². The lowest BCUT2D eigenvalue weighted by Crippen LogP contribution is -2.11. The van der Waals surface area contributed by atoms with Crippen molar-refractivity contribution in [2.45, 2.75) is 44.9 Å². The maximum absolute atomic E-state index is 11.2. The molecule has 0 aliphatic carbocycles. The van der Waals surface area contributed by atoms with Crippen LogP contribution in [0.15, 0.2) is 24.3 Å². The van der Waals surface area contributed by atoms with E-state index in [1.54, 1.807) is 24.3 Å². The number of carboxylic acids is 1. The van der Waals surface area contributed by atoms with Gasteiger partial charge in [0.1, 0.15) is 6.29 Å². The molecule has 1 N–H and O–H groups in total. The third kappa shape index (κ3) is 4.32. The van der Waals surface area contributed by atoms with Crippen LogP contribution in [0, 0.1) is 0 Å². The molecule has 1 unspecified atom stereocenters. The molecule has 0 spiro atoms. The summed E-state index contributed by atoms with van der Waals surface area (Å²) in [5.74, 6) is -1.24. The number of aliphatic carboxylic acids is 1. The fourth-order valence-electron chi connectivity index (χ4n) is 2.01. The first kappa shape index (κ1) is 14.4. The molecule has 0 saturated heterocycles. The molecule has 1 rings (SSSR count). The highest BCUT2D eigenvalue weighted by Gasteiger charge is 2.18. The second-order valence-electron chi connectivity index (χ2n) is 4.52. The Hall–Kier alpha value is -1.64. The minimum atomic E-state index is -0.787. The maximum atomic E-state index is 11.2. The fraction of sp³-hybridized carbons (Fsp3) is 0.467. The summed E-state index contributed by atoms with van der Waals surface area (Å²) in [6.07, 6.45) is 5.73. The van der Waals surface area contributed by atoms with Crippen molar-refractivity contribution >= 4 is 12.3 Å². The summed E-state index contributed by atoms with van der Waals surface area (Å²) < 4.78 is 0. The van der Waals surface area contributed by atoms with Crippen molar-refractivity contribution in [3.05, 3.63) is 35.4 Å². The number of benzene rings is 1. The van der Waals surface area contributed by atoms with Crippen LogP contribution in [0.2, 0.25) is 0 Å². The van der Waals surface area contributed by atoms with Crippen LogP contribution >= 0.6 is 0 Å². The molecule has 3 nitrogen and oxygen atoms in total. The van der Waals surface area contributed by atoms with Gasteiger partial charge in [-0.05, 0) is 12.0 Å². The molecule has 0 heterocycles. The zero-order valence-electron chi connectivity index (χ0n) is 10.8. The first-order valence-corrected chi connectivity index (χ1v) is 6.47. The highest BCUT2D eigenvalue weighted by atomic mass is 16.4. The van der Waals surface area contributed by atoms with Crippen LogP contribution in [0.3, 0.4) is 0 Å². The summed E-state index contributed by atoms with van der Waals surface area (Å²) in [6.45, 7) is 2.13. The van der Waals surface area contributed by atoms with E-state index in [1.165, 1.54) is 0 Å². The van der Waals surface area contributed by atoms with E-state index >= 15 is 0 Å². The first-order valence-electron chi connectivity index (χ1n) is 6.47. The molecule has 0 aliphatic heterocycles. The highest BCUT2D eigenvalue weighted by Crippen LogP contribution is 2.23. The maximum Gasteiger partial charge on any atom is 0.310 e. The SMILES string of the molecule is CCCCCCC(C(=O)O)c1ccc(C=O)cc1. The van der Waals surface area contributed by atoms with Gasteiger partial charge in [-0.1, -0.05) is 56.9 Å². The largest absolute Gasteiger partial charge is 0.481 e. The van der Waals surface area contributed by atoms with Crippen LogP contribution in [-0.4, -0.2) is 17.4 Å². The smallest absolute Gasteiger partial charge is 0.310 e. The van der Waals surface area contributed by atoms with Crippen molar-refractivity contribution in [2.24, 2.45) is 0 Å². The molecular weight excluding hydrogens is 228 g/mol. The summed E-state index contributed by atoms with van der Waals surface area (Å²) in [4.78, 5) is 21.8. The first-order chi connectivity index (χ1) is 8.69. The number of hydrogen-bond donors (Lipinski definition) is 1. The molecule has 1 aromatic rings. The average Bonchev–Trinajstić information content (AvgIpc) is 2.39. The average molecular weight is 248 g/mol. The van der Waals surface area contributed by atoms with Gasteiger partial charge in [0.2, 0.25) is 0 Å². The van der Waals surface area contributed by atoms with Crippen molar-refractivity contribution in [1.29, 1.82) is 0 Å². The van der Waals surface area contributed by atoms with Crippen molar-refractivity contribution in [3.63, 3.8) is 0 Å². The predicted molar refractivity (Wildman–Crippen MR) is 71.0 cm³/mol. The normalized spacial score (nSPS) is 12.1. The van der Waals surface area contributed by atoms with E-state index in [1.807, 2.05) is 0 Å². The van der Waals surface area contributed by atoms with E-state index in [2.05, 4.69) is 6.92 Å². The van der Waals surface area contributed by atoms with Crippen LogP contribution in [0.5, 0.6) is 0 Å². The molecule has 0 aliphatic rings. The van der Waals surface area contributed by atoms with Gasteiger partial charge in [-0.15, -0.1) is 0 Å². The van der Waals surface area contributed by atoms with Crippen LogP contribution in [0.25, 0.3) is 0 Å².